The molecule has 1 aromatic carbocycles. The molecule has 0 aliphatic carbocycles. The van der Waals surface area contributed by atoms with Crippen LogP contribution in [0.1, 0.15) is 12.5 Å². The Kier molecular flexibility index (Phi) is 5.64. The summed E-state index contributed by atoms with van der Waals surface area (Å²) in [6.07, 6.45) is 2.09. The largest absolute Gasteiger partial charge is 0.312 e. The predicted molar refractivity (Wildman–Crippen MR) is 68.8 cm³/mol. The number of hydrogen-bond acceptors (Lipinski definition) is 2. The van der Waals surface area contributed by atoms with Crippen molar-refractivity contribution in [2.75, 3.05) is 12.8 Å². The number of halogens is 2. The Morgan fingerprint density at radius 2 is 2.27 bits per heavy atom. The maximum Gasteiger partial charge on any atom is 0.137 e. The SMILES string of the molecule is CSC(C)CNCc1cccc(F)c1Br. The van der Waals surface area contributed by atoms with Gasteiger partial charge in [0.25, 0.3) is 0 Å². The van der Waals surface area contributed by atoms with E-state index in [2.05, 4.69) is 34.4 Å². The lowest BCUT2D eigenvalue weighted by Gasteiger charge is -2.10. The van der Waals surface area contributed by atoms with E-state index in [1.54, 1.807) is 6.07 Å². The van der Waals surface area contributed by atoms with Crippen LogP contribution in [-0.4, -0.2) is 18.1 Å². The smallest absolute Gasteiger partial charge is 0.137 e. The van der Waals surface area contributed by atoms with Gasteiger partial charge in [-0.3, -0.25) is 0 Å². The Morgan fingerprint density at radius 3 is 2.93 bits per heavy atom. The lowest BCUT2D eigenvalue weighted by molar-refractivity contribution is 0.612. The van der Waals surface area contributed by atoms with E-state index in [-0.39, 0.29) is 5.82 Å². The number of hydrogen-bond donors (Lipinski definition) is 1. The van der Waals surface area contributed by atoms with E-state index in [4.69, 9.17) is 0 Å². The number of thioether (sulfide) groups is 1. The number of benzene rings is 1. The van der Waals surface area contributed by atoms with Crippen molar-refractivity contribution >= 4 is 27.7 Å². The highest BCUT2D eigenvalue weighted by atomic mass is 79.9. The molecule has 4 heteroatoms. The zero-order chi connectivity index (χ0) is 11.3. The van der Waals surface area contributed by atoms with Crippen LogP contribution in [0.2, 0.25) is 0 Å². The van der Waals surface area contributed by atoms with Gasteiger partial charge in [0.2, 0.25) is 0 Å². The summed E-state index contributed by atoms with van der Waals surface area (Å²) in [5.74, 6) is -0.202. The molecule has 84 valence electrons. The van der Waals surface area contributed by atoms with Crippen molar-refractivity contribution < 1.29 is 4.39 Å². The van der Waals surface area contributed by atoms with Crippen LogP contribution in [0.4, 0.5) is 4.39 Å². The van der Waals surface area contributed by atoms with Gasteiger partial charge in [0, 0.05) is 18.3 Å². The minimum Gasteiger partial charge on any atom is -0.312 e. The molecule has 0 spiro atoms. The van der Waals surface area contributed by atoms with Crippen molar-refractivity contribution in [3.63, 3.8) is 0 Å². The predicted octanol–water partition coefficient (Wildman–Crippen LogP) is 3.43. The summed E-state index contributed by atoms with van der Waals surface area (Å²) < 4.78 is 13.7. The molecule has 15 heavy (non-hydrogen) atoms. The third kappa shape index (κ3) is 4.13. The van der Waals surface area contributed by atoms with Gasteiger partial charge >= 0.3 is 0 Å². The molecule has 0 fully saturated rings. The summed E-state index contributed by atoms with van der Waals surface area (Å²) in [5.41, 5.74) is 0.961. The summed E-state index contributed by atoms with van der Waals surface area (Å²) in [5, 5.41) is 3.88. The molecule has 0 bridgehead atoms. The van der Waals surface area contributed by atoms with E-state index in [1.807, 2.05) is 17.8 Å². The Bertz CT molecular complexity index is 319. The topological polar surface area (TPSA) is 12.0 Å². The molecule has 0 aliphatic rings. The molecule has 0 aromatic heterocycles. The molecular formula is C11H15BrFNS. The van der Waals surface area contributed by atoms with Crippen LogP contribution >= 0.6 is 27.7 Å². The van der Waals surface area contributed by atoms with Gasteiger partial charge < -0.3 is 5.32 Å². The first-order valence-corrected chi connectivity index (χ1v) is 6.89. The van der Waals surface area contributed by atoms with Crippen LogP contribution in [0.25, 0.3) is 0 Å². The standard InChI is InChI=1S/C11H15BrFNS/c1-8(15-2)6-14-7-9-4-3-5-10(13)11(9)12/h3-5,8,14H,6-7H2,1-2H3. The fourth-order valence-electron chi connectivity index (χ4n) is 1.18. The molecule has 0 saturated heterocycles. The van der Waals surface area contributed by atoms with Crippen LogP contribution in [0.15, 0.2) is 22.7 Å². The Morgan fingerprint density at radius 1 is 1.53 bits per heavy atom. The first kappa shape index (κ1) is 13.0. The second kappa shape index (κ2) is 6.51. The van der Waals surface area contributed by atoms with Gasteiger partial charge in [0.1, 0.15) is 5.82 Å². The highest BCUT2D eigenvalue weighted by molar-refractivity contribution is 9.10. The summed E-state index contributed by atoms with van der Waals surface area (Å²) in [4.78, 5) is 0. The second-order valence-electron chi connectivity index (χ2n) is 3.39. The van der Waals surface area contributed by atoms with Gasteiger partial charge in [-0.25, -0.2) is 4.39 Å². The van der Waals surface area contributed by atoms with Crippen molar-refractivity contribution in [3.8, 4) is 0 Å². The summed E-state index contributed by atoms with van der Waals surface area (Å²) >= 11 is 5.06. The zero-order valence-electron chi connectivity index (χ0n) is 8.89. The highest BCUT2D eigenvalue weighted by Gasteiger charge is 2.05. The van der Waals surface area contributed by atoms with Gasteiger partial charge in [-0.1, -0.05) is 19.1 Å². The third-order valence-corrected chi connectivity index (χ3v) is 4.04. The monoisotopic (exact) mass is 291 g/mol. The first-order chi connectivity index (χ1) is 7.15. The molecule has 1 aromatic rings. The molecule has 1 atom stereocenters. The van der Waals surface area contributed by atoms with E-state index in [0.29, 0.717) is 16.3 Å². The average Bonchev–Trinajstić information content (AvgIpc) is 2.24. The van der Waals surface area contributed by atoms with E-state index < -0.39 is 0 Å². The number of nitrogens with one attached hydrogen (secondary N) is 1. The van der Waals surface area contributed by atoms with Crippen LogP contribution in [-0.2, 0) is 6.54 Å². The molecule has 1 rings (SSSR count). The molecule has 0 saturated carbocycles. The quantitative estimate of drug-likeness (QED) is 0.892. The van der Waals surface area contributed by atoms with Crippen molar-refractivity contribution in [2.24, 2.45) is 0 Å². The van der Waals surface area contributed by atoms with Gasteiger partial charge in [-0.05, 0) is 33.8 Å². The second-order valence-corrected chi connectivity index (χ2v) is 5.46. The maximum atomic E-state index is 13.2. The molecule has 0 amide bonds. The van der Waals surface area contributed by atoms with E-state index >= 15 is 0 Å². The van der Waals surface area contributed by atoms with Gasteiger partial charge in [0.15, 0.2) is 0 Å². The van der Waals surface area contributed by atoms with E-state index in [0.717, 1.165) is 12.1 Å². The third-order valence-electron chi connectivity index (χ3n) is 2.18. The maximum absolute atomic E-state index is 13.2. The Hall–Kier alpha value is -0.0600. The van der Waals surface area contributed by atoms with Crippen molar-refractivity contribution in [1.82, 2.24) is 5.32 Å². The zero-order valence-corrected chi connectivity index (χ0v) is 11.3. The molecule has 1 unspecified atom stereocenters. The molecule has 0 heterocycles. The lowest BCUT2D eigenvalue weighted by atomic mass is 10.2. The highest BCUT2D eigenvalue weighted by Crippen LogP contribution is 2.20. The molecule has 0 radical (unpaired) electrons. The molecular weight excluding hydrogens is 277 g/mol. The minimum atomic E-state index is -0.202. The fourth-order valence-corrected chi connectivity index (χ4v) is 1.87. The Balaban J connectivity index is 2.47. The van der Waals surface area contributed by atoms with Crippen LogP contribution in [0.3, 0.4) is 0 Å². The summed E-state index contributed by atoms with van der Waals surface area (Å²) in [6.45, 7) is 3.80. The first-order valence-electron chi connectivity index (χ1n) is 4.81. The fraction of sp³-hybridized carbons (Fsp3) is 0.455. The van der Waals surface area contributed by atoms with E-state index in [1.165, 1.54) is 6.07 Å². The molecule has 1 N–H and O–H groups in total. The normalized spacial score (nSPS) is 12.8. The van der Waals surface area contributed by atoms with Crippen LogP contribution in [0.5, 0.6) is 0 Å². The van der Waals surface area contributed by atoms with Gasteiger partial charge in [0.05, 0.1) is 4.47 Å². The number of rotatable bonds is 5. The Labute approximate surface area is 103 Å². The summed E-state index contributed by atoms with van der Waals surface area (Å²) in [7, 11) is 0. The van der Waals surface area contributed by atoms with Crippen molar-refractivity contribution in [2.45, 2.75) is 18.7 Å². The van der Waals surface area contributed by atoms with Gasteiger partial charge in [-0.2, -0.15) is 11.8 Å². The van der Waals surface area contributed by atoms with Gasteiger partial charge in [-0.15, -0.1) is 0 Å². The minimum absolute atomic E-state index is 0.202. The van der Waals surface area contributed by atoms with Crippen LogP contribution in [0, 0.1) is 5.82 Å². The molecule has 1 nitrogen and oxygen atoms in total. The summed E-state index contributed by atoms with van der Waals surface area (Å²) in [6, 6.07) is 5.11. The average molecular weight is 292 g/mol. The lowest BCUT2D eigenvalue weighted by Crippen LogP contribution is -2.22. The van der Waals surface area contributed by atoms with E-state index in [9.17, 15) is 4.39 Å². The van der Waals surface area contributed by atoms with Crippen molar-refractivity contribution in [3.05, 3.63) is 34.1 Å². The molecule has 0 aliphatic heterocycles. The van der Waals surface area contributed by atoms with Crippen LogP contribution < -0.4 is 5.32 Å². The van der Waals surface area contributed by atoms with Crippen molar-refractivity contribution in [1.29, 1.82) is 0 Å².